The largest absolute Gasteiger partial charge is 0.496 e. The van der Waals surface area contributed by atoms with E-state index in [0.29, 0.717) is 12.8 Å². The maximum absolute atomic E-state index is 13.9. The Morgan fingerprint density at radius 1 is 1.15 bits per heavy atom. The number of halogens is 1. The number of benzene rings is 2. The van der Waals surface area contributed by atoms with Crippen molar-refractivity contribution in [2.75, 3.05) is 20.2 Å². The van der Waals surface area contributed by atoms with Gasteiger partial charge in [-0.15, -0.1) is 0 Å². The minimum absolute atomic E-state index is 0.0695. The number of hydrogen-bond acceptors (Lipinski definition) is 4. The Morgan fingerprint density at radius 2 is 1.79 bits per heavy atom. The van der Waals surface area contributed by atoms with E-state index in [1.807, 2.05) is 19.9 Å². The lowest BCUT2D eigenvalue weighted by Gasteiger charge is -2.31. The summed E-state index contributed by atoms with van der Waals surface area (Å²) in [5.41, 5.74) is 3.34. The SMILES string of the molecule is COc1cc(C)c([C@@H](C)NC(=O)C2CCN(S(=O)(=O)Cc3ccccc3F)CC2)cc1C(C)C. The number of piperidine rings is 1. The predicted octanol–water partition coefficient (Wildman–Crippen LogP) is 4.69. The molecule has 34 heavy (non-hydrogen) atoms. The first kappa shape index (κ1) is 26.2. The number of amides is 1. The Bertz CT molecular complexity index is 1130. The van der Waals surface area contributed by atoms with Gasteiger partial charge in [-0.05, 0) is 67.5 Å². The first-order valence-corrected chi connectivity index (χ1v) is 13.3. The standard InChI is InChI=1S/C26H35FN2O4S/c1-17(2)22-15-23(18(3)14-25(22)33-5)19(4)28-26(30)20-10-12-29(13-11-20)34(31,32)16-21-8-6-7-9-24(21)27/h6-9,14-15,17,19-20H,10-13,16H2,1-5H3,(H,28,30)/t19-/m1/s1. The maximum Gasteiger partial charge on any atom is 0.223 e. The zero-order valence-electron chi connectivity index (χ0n) is 20.6. The van der Waals surface area contributed by atoms with Crippen LogP contribution < -0.4 is 10.1 Å². The van der Waals surface area contributed by atoms with Crippen molar-refractivity contribution in [1.29, 1.82) is 0 Å². The molecule has 1 N–H and O–H groups in total. The Labute approximate surface area is 202 Å². The quantitative estimate of drug-likeness (QED) is 0.583. The third kappa shape index (κ3) is 5.96. The van der Waals surface area contributed by atoms with Crippen LogP contribution in [0.1, 0.15) is 67.8 Å². The van der Waals surface area contributed by atoms with E-state index in [-0.39, 0.29) is 48.2 Å². The Balaban J connectivity index is 1.62. The maximum atomic E-state index is 13.9. The van der Waals surface area contributed by atoms with Crippen LogP contribution in [0.5, 0.6) is 5.75 Å². The number of ether oxygens (including phenoxy) is 1. The number of nitrogens with zero attached hydrogens (tertiary/aromatic N) is 1. The molecule has 1 amide bonds. The van der Waals surface area contributed by atoms with Gasteiger partial charge in [0.1, 0.15) is 11.6 Å². The summed E-state index contributed by atoms with van der Waals surface area (Å²) >= 11 is 0. The monoisotopic (exact) mass is 490 g/mol. The molecule has 0 radical (unpaired) electrons. The molecule has 0 spiro atoms. The van der Waals surface area contributed by atoms with Gasteiger partial charge in [0, 0.05) is 24.6 Å². The Hall–Kier alpha value is -2.45. The van der Waals surface area contributed by atoms with E-state index in [9.17, 15) is 17.6 Å². The highest BCUT2D eigenvalue weighted by Gasteiger charge is 2.32. The smallest absolute Gasteiger partial charge is 0.223 e. The molecule has 1 atom stereocenters. The van der Waals surface area contributed by atoms with Gasteiger partial charge in [-0.3, -0.25) is 4.79 Å². The summed E-state index contributed by atoms with van der Waals surface area (Å²) < 4.78 is 46.3. The molecule has 1 aliphatic rings. The molecule has 8 heteroatoms. The topological polar surface area (TPSA) is 75.7 Å². The zero-order valence-corrected chi connectivity index (χ0v) is 21.4. The first-order valence-electron chi connectivity index (χ1n) is 11.7. The Kier molecular flexibility index (Phi) is 8.36. The summed E-state index contributed by atoms with van der Waals surface area (Å²) in [6, 6.07) is 9.83. The van der Waals surface area contributed by atoms with Crippen LogP contribution in [0.3, 0.4) is 0 Å². The van der Waals surface area contributed by atoms with E-state index >= 15 is 0 Å². The van der Waals surface area contributed by atoms with Gasteiger partial charge in [0.2, 0.25) is 15.9 Å². The molecular weight excluding hydrogens is 455 g/mol. The van der Waals surface area contributed by atoms with Gasteiger partial charge in [0.15, 0.2) is 0 Å². The highest BCUT2D eigenvalue weighted by molar-refractivity contribution is 7.88. The van der Waals surface area contributed by atoms with Crippen LogP contribution in [-0.4, -0.2) is 38.8 Å². The van der Waals surface area contributed by atoms with Crippen LogP contribution in [0.15, 0.2) is 36.4 Å². The van der Waals surface area contributed by atoms with Gasteiger partial charge < -0.3 is 10.1 Å². The van der Waals surface area contributed by atoms with Gasteiger partial charge in [-0.2, -0.15) is 0 Å². The number of rotatable bonds is 8. The van der Waals surface area contributed by atoms with Gasteiger partial charge in [-0.25, -0.2) is 17.1 Å². The molecule has 6 nitrogen and oxygen atoms in total. The van der Waals surface area contributed by atoms with Crippen molar-refractivity contribution in [3.63, 3.8) is 0 Å². The van der Waals surface area contributed by atoms with E-state index in [1.54, 1.807) is 13.2 Å². The number of aryl methyl sites for hydroxylation is 1. The summed E-state index contributed by atoms with van der Waals surface area (Å²) in [5.74, 6) is -0.0940. The van der Waals surface area contributed by atoms with Crippen LogP contribution in [0.4, 0.5) is 4.39 Å². The number of sulfonamides is 1. The highest BCUT2D eigenvalue weighted by atomic mass is 32.2. The first-order chi connectivity index (χ1) is 16.0. The third-order valence-corrected chi connectivity index (χ3v) is 8.41. The minimum Gasteiger partial charge on any atom is -0.496 e. The van der Waals surface area contributed by atoms with Crippen molar-refractivity contribution < 1.29 is 22.3 Å². The molecule has 1 saturated heterocycles. The highest BCUT2D eigenvalue weighted by Crippen LogP contribution is 2.32. The fourth-order valence-corrected chi connectivity index (χ4v) is 6.10. The van der Waals surface area contributed by atoms with E-state index < -0.39 is 15.8 Å². The molecule has 0 aromatic heterocycles. The van der Waals surface area contributed by atoms with Crippen LogP contribution in [0.2, 0.25) is 0 Å². The molecule has 2 aromatic rings. The summed E-state index contributed by atoms with van der Waals surface area (Å²) in [7, 11) is -1.99. The average Bonchev–Trinajstić information content (AvgIpc) is 2.80. The van der Waals surface area contributed by atoms with Crippen molar-refractivity contribution in [2.24, 2.45) is 5.92 Å². The summed E-state index contributed by atoms with van der Waals surface area (Å²) in [5, 5.41) is 3.11. The zero-order chi connectivity index (χ0) is 25.0. The molecule has 0 unspecified atom stereocenters. The molecule has 0 saturated carbocycles. The van der Waals surface area contributed by atoms with Gasteiger partial charge >= 0.3 is 0 Å². The molecule has 1 fully saturated rings. The molecule has 2 aromatic carbocycles. The fraction of sp³-hybridized carbons (Fsp3) is 0.500. The average molecular weight is 491 g/mol. The van der Waals surface area contributed by atoms with E-state index in [2.05, 4.69) is 25.2 Å². The number of carbonyl (C=O) groups excluding carboxylic acids is 1. The van der Waals surface area contributed by atoms with Crippen molar-refractivity contribution >= 4 is 15.9 Å². The normalized spacial score (nSPS) is 16.4. The van der Waals surface area contributed by atoms with Crippen molar-refractivity contribution in [1.82, 2.24) is 9.62 Å². The van der Waals surface area contributed by atoms with E-state index in [4.69, 9.17) is 4.74 Å². The molecule has 186 valence electrons. The van der Waals surface area contributed by atoms with Crippen LogP contribution >= 0.6 is 0 Å². The third-order valence-electron chi connectivity index (χ3n) is 6.58. The second-order valence-corrected chi connectivity index (χ2v) is 11.3. The van der Waals surface area contributed by atoms with Crippen LogP contribution in [-0.2, 0) is 20.6 Å². The lowest BCUT2D eigenvalue weighted by Crippen LogP contribution is -2.43. The molecule has 1 heterocycles. The van der Waals surface area contributed by atoms with Gasteiger partial charge in [0.25, 0.3) is 0 Å². The molecule has 3 rings (SSSR count). The molecular formula is C26H35FN2O4S. The molecule has 0 bridgehead atoms. The fourth-order valence-electron chi connectivity index (χ4n) is 4.52. The number of methoxy groups -OCH3 is 1. The summed E-state index contributed by atoms with van der Waals surface area (Å²) in [4.78, 5) is 13.0. The predicted molar refractivity (Wildman–Crippen MR) is 132 cm³/mol. The minimum atomic E-state index is -3.65. The lowest BCUT2D eigenvalue weighted by molar-refractivity contribution is -0.126. The van der Waals surface area contributed by atoms with Crippen LogP contribution in [0, 0.1) is 18.7 Å². The second kappa shape index (κ2) is 10.9. The van der Waals surface area contributed by atoms with Crippen molar-refractivity contribution in [3.8, 4) is 5.75 Å². The van der Waals surface area contributed by atoms with Gasteiger partial charge in [-0.1, -0.05) is 32.0 Å². The molecule has 0 aliphatic carbocycles. The van der Waals surface area contributed by atoms with E-state index in [1.165, 1.54) is 22.5 Å². The van der Waals surface area contributed by atoms with Gasteiger partial charge in [0.05, 0.1) is 18.9 Å². The van der Waals surface area contributed by atoms with E-state index in [0.717, 1.165) is 22.4 Å². The van der Waals surface area contributed by atoms with Crippen molar-refractivity contribution in [2.45, 2.75) is 58.2 Å². The summed E-state index contributed by atoms with van der Waals surface area (Å²) in [6.07, 6.45) is 0.877. The number of carbonyl (C=O) groups is 1. The number of hydrogen-bond donors (Lipinski definition) is 1. The summed E-state index contributed by atoms with van der Waals surface area (Å²) in [6.45, 7) is 8.68. The van der Waals surface area contributed by atoms with Crippen molar-refractivity contribution in [3.05, 3.63) is 64.5 Å². The molecule has 1 aliphatic heterocycles. The lowest BCUT2D eigenvalue weighted by atomic mass is 9.92. The Morgan fingerprint density at radius 3 is 2.38 bits per heavy atom. The van der Waals surface area contributed by atoms with Crippen LogP contribution in [0.25, 0.3) is 0 Å². The second-order valence-electron chi connectivity index (χ2n) is 9.36. The number of nitrogens with one attached hydrogen (secondary N) is 1.